The zero-order valence-corrected chi connectivity index (χ0v) is 17.2. The molecule has 1 heterocycles. The molecule has 1 aromatic heterocycles. The lowest BCUT2D eigenvalue weighted by atomic mass is 10.1. The van der Waals surface area contributed by atoms with Gasteiger partial charge in [-0.15, -0.1) is 0 Å². The van der Waals surface area contributed by atoms with Crippen LogP contribution in [0.15, 0.2) is 88.8 Å². The largest absolute Gasteiger partial charge is 0.508 e. The number of phenolic OH excluding ortho intramolecular Hbond substituents is 1. The molecule has 0 aliphatic heterocycles. The van der Waals surface area contributed by atoms with Crippen LogP contribution in [0.4, 0.5) is 0 Å². The Labute approximate surface area is 178 Å². The molecule has 1 N–H and O–H groups in total. The third-order valence-electron chi connectivity index (χ3n) is 4.97. The Bertz CT molecular complexity index is 1250. The van der Waals surface area contributed by atoms with Crippen molar-refractivity contribution in [1.82, 2.24) is 9.55 Å². The number of benzene rings is 3. The summed E-state index contributed by atoms with van der Waals surface area (Å²) >= 11 is 1.25. The van der Waals surface area contributed by atoms with Gasteiger partial charge in [0.25, 0.3) is 5.56 Å². The highest BCUT2D eigenvalue weighted by atomic mass is 32.2. The van der Waals surface area contributed by atoms with Crippen molar-refractivity contribution in [3.05, 3.63) is 100 Å². The van der Waals surface area contributed by atoms with Gasteiger partial charge in [-0.2, -0.15) is 0 Å². The van der Waals surface area contributed by atoms with E-state index in [0.29, 0.717) is 21.6 Å². The molecule has 0 unspecified atom stereocenters. The summed E-state index contributed by atoms with van der Waals surface area (Å²) in [5, 5.41) is 10.5. The van der Waals surface area contributed by atoms with Crippen LogP contribution < -0.4 is 5.56 Å². The van der Waals surface area contributed by atoms with Crippen LogP contribution >= 0.6 is 11.8 Å². The number of carbonyl (C=O) groups is 1. The van der Waals surface area contributed by atoms with Crippen LogP contribution in [0.5, 0.6) is 5.75 Å². The zero-order chi connectivity index (χ0) is 21.1. The minimum Gasteiger partial charge on any atom is -0.508 e. The number of ketones is 1. The fraction of sp³-hybridized carbons (Fsp3) is 0.125. The third kappa shape index (κ3) is 4.00. The highest BCUT2D eigenvalue weighted by Crippen LogP contribution is 2.25. The van der Waals surface area contributed by atoms with Crippen molar-refractivity contribution in [2.45, 2.75) is 18.1 Å². The van der Waals surface area contributed by atoms with Crippen LogP contribution in [-0.2, 0) is 0 Å². The van der Waals surface area contributed by atoms with Crippen molar-refractivity contribution in [3.8, 4) is 5.75 Å². The monoisotopic (exact) mass is 416 g/mol. The van der Waals surface area contributed by atoms with Gasteiger partial charge in [-0.25, -0.2) is 4.98 Å². The number of thioether (sulfide) groups is 1. The van der Waals surface area contributed by atoms with Gasteiger partial charge in [0.05, 0.1) is 22.7 Å². The molecule has 0 radical (unpaired) electrons. The van der Waals surface area contributed by atoms with Gasteiger partial charge in [0.1, 0.15) is 5.75 Å². The standard InChI is InChI=1S/C24H20N2O3S/c1-16(17-7-3-2-4-8-17)26-23(29)20-9-5-6-10-21(20)25-24(26)30-15-22(28)18-11-13-19(27)14-12-18/h2-14,16,27H,15H2,1H3/t16-/m0/s1. The Balaban J connectivity index is 1.73. The van der Waals surface area contributed by atoms with Gasteiger partial charge in [-0.1, -0.05) is 54.2 Å². The molecular formula is C24H20N2O3S. The number of hydrogen-bond acceptors (Lipinski definition) is 5. The Morgan fingerprint density at radius 3 is 2.40 bits per heavy atom. The van der Waals surface area contributed by atoms with E-state index < -0.39 is 0 Å². The maximum atomic E-state index is 13.3. The van der Waals surface area contributed by atoms with Crippen molar-refractivity contribution in [2.75, 3.05) is 5.75 Å². The van der Waals surface area contributed by atoms with E-state index >= 15 is 0 Å². The van der Waals surface area contributed by atoms with E-state index in [-0.39, 0.29) is 28.9 Å². The number of aromatic hydroxyl groups is 1. The molecule has 0 bridgehead atoms. The molecule has 0 fully saturated rings. The van der Waals surface area contributed by atoms with E-state index in [1.54, 1.807) is 28.8 Å². The van der Waals surface area contributed by atoms with Gasteiger partial charge >= 0.3 is 0 Å². The van der Waals surface area contributed by atoms with Gasteiger partial charge in [-0.3, -0.25) is 14.2 Å². The summed E-state index contributed by atoms with van der Waals surface area (Å²) in [7, 11) is 0. The lowest BCUT2D eigenvalue weighted by Gasteiger charge is -2.20. The van der Waals surface area contributed by atoms with Crippen molar-refractivity contribution in [3.63, 3.8) is 0 Å². The van der Waals surface area contributed by atoms with Crippen LogP contribution in [0, 0.1) is 0 Å². The van der Waals surface area contributed by atoms with Crippen LogP contribution in [0.3, 0.4) is 0 Å². The predicted molar refractivity (Wildman–Crippen MR) is 119 cm³/mol. The lowest BCUT2D eigenvalue weighted by molar-refractivity contribution is 0.102. The molecule has 5 nitrogen and oxygen atoms in total. The first kappa shape index (κ1) is 19.9. The third-order valence-corrected chi connectivity index (χ3v) is 5.92. The summed E-state index contributed by atoms with van der Waals surface area (Å²) in [4.78, 5) is 30.6. The lowest BCUT2D eigenvalue weighted by Crippen LogP contribution is -2.27. The number of carbonyl (C=O) groups excluding carboxylic acids is 1. The van der Waals surface area contributed by atoms with Gasteiger partial charge in [-0.05, 0) is 48.9 Å². The van der Waals surface area contributed by atoms with E-state index in [1.165, 1.54) is 23.9 Å². The molecule has 30 heavy (non-hydrogen) atoms. The van der Waals surface area contributed by atoms with Gasteiger partial charge in [0.15, 0.2) is 10.9 Å². The maximum Gasteiger partial charge on any atom is 0.262 e. The highest BCUT2D eigenvalue weighted by molar-refractivity contribution is 7.99. The van der Waals surface area contributed by atoms with Crippen LogP contribution in [0.1, 0.15) is 28.9 Å². The van der Waals surface area contributed by atoms with Crippen molar-refractivity contribution in [1.29, 1.82) is 0 Å². The summed E-state index contributed by atoms with van der Waals surface area (Å²) < 4.78 is 1.66. The van der Waals surface area contributed by atoms with Crippen LogP contribution in [0.2, 0.25) is 0 Å². The molecule has 0 saturated carbocycles. The van der Waals surface area contributed by atoms with E-state index in [9.17, 15) is 14.7 Å². The normalized spacial score (nSPS) is 12.0. The van der Waals surface area contributed by atoms with Crippen molar-refractivity contribution < 1.29 is 9.90 Å². The second-order valence-electron chi connectivity index (χ2n) is 6.93. The van der Waals surface area contributed by atoms with Crippen LogP contribution in [0.25, 0.3) is 10.9 Å². The summed E-state index contributed by atoms with van der Waals surface area (Å²) in [6.45, 7) is 1.96. The zero-order valence-electron chi connectivity index (χ0n) is 16.4. The molecule has 3 aromatic carbocycles. The topological polar surface area (TPSA) is 72.2 Å². The van der Waals surface area contributed by atoms with Gasteiger partial charge < -0.3 is 5.11 Å². The SMILES string of the molecule is C[C@@H](c1ccccc1)n1c(SCC(=O)c2ccc(O)cc2)nc2ccccc2c1=O. The van der Waals surface area contributed by atoms with Gasteiger partial charge in [0, 0.05) is 5.56 Å². The van der Waals surface area contributed by atoms with Crippen molar-refractivity contribution >= 4 is 28.4 Å². The fourth-order valence-corrected chi connectivity index (χ4v) is 4.28. The molecule has 1 atom stereocenters. The minimum absolute atomic E-state index is 0.0960. The Morgan fingerprint density at radius 2 is 1.67 bits per heavy atom. The number of Topliss-reactive ketones (excluding diaryl/α,β-unsaturated/α-hetero) is 1. The first-order valence-electron chi connectivity index (χ1n) is 9.56. The maximum absolute atomic E-state index is 13.3. The molecular weight excluding hydrogens is 396 g/mol. The average Bonchev–Trinajstić information content (AvgIpc) is 2.78. The van der Waals surface area contributed by atoms with E-state index in [0.717, 1.165) is 5.56 Å². The Morgan fingerprint density at radius 1 is 1.00 bits per heavy atom. The number of nitrogens with zero attached hydrogens (tertiary/aromatic N) is 2. The highest BCUT2D eigenvalue weighted by Gasteiger charge is 2.19. The molecule has 0 spiro atoms. The fourth-order valence-electron chi connectivity index (χ4n) is 3.31. The van der Waals surface area contributed by atoms with E-state index in [2.05, 4.69) is 0 Å². The Hall–Kier alpha value is -3.38. The molecule has 4 aromatic rings. The number of phenols is 1. The second kappa shape index (κ2) is 8.55. The number of para-hydroxylation sites is 1. The van der Waals surface area contributed by atoms with Crippen molar-refractivity contribution in [2.24, 2.45) is 0 Å². The van der Waals surface area contributed by atoms with Gasteiger partial charge in [0.2, 0.25) is 0 Å². The predicted octanol–water partition coefficient (Wildman–Crippen LogP) is 4.69. The summed E-state index contributed by atoms with van der Waals surface area (Å²) in [5.41, 5.74) is 1.98. The first-order valence-corrected chi connectivity index (χ1v) is 10.5. The quantitative estimate of drug-likeness (QED) is 0.281. The summed E-state index contributed by atoms with van der Waals surface area (Å²) in [6, 6.07) is 22.9. The molecule has 4 rings (SSSR count). The van der Waals surface area contributed by atoms with Crippen LogP contribution in [-0.4, -0.2) is 26.2 Å². The summed E-state index contributed by atoms with van der Waals surface area (Å²) in [5.74, 6) is 0.152. The molecule has 0 saturated heterocycles. The smallest absolute Gasteiger partial charge is 0.262 e. The Kier molecular flexibility index (Phi) is 5.68. The number of rotatable bonds is 6. The van der Waals surface area contributed by atoms with E-state index in [1.807, 2.05) is 49.4 Å². The average molecular weight is 417 g/mol. The number of hydrogen-bond donors (Lipinski definition) is 1. The number of aromatic nitrogens is 2. The molecule has 0 aliphatic rings. The first-order chi connectivity index (χ1) is 14.5. The minimum atomic E-state index is -0.234. The number of fused-ring (bicyclic) bond motifs is 1. The summed E-state index contributed by atoms with van der Waals surface area (Å²) in [6.07, 6.45) is 0. The molecule has 0 amide bonds. The molecule has 0 aliphatic carbocycles. The molecule has 150 valence electrons. The van der Waals surface area contributed by atoms with E-state index in [4.69, 9.17) is 4.98 Å². The second-order valence-corrected chi connectivity index (χ2v) is 7.87. The molecule has 6 heteroatoms.